The zero-order valence-electron chi connectivity index (χ0n) is 18.4. The van der Waals surface area contributed by atoms with Crippen LogP contribution in [-0.2, 0) is 24.4 Å². The second-order valence-corrected chi connectivity index (χ2v) is 7.74. The minimum Gasteiger partial charge on any atom is -0.497 e. The summed E-state index contributed by atoms with van der Waals surface area (Å²) in [5.41, 5.74) is 2.23. The van der Waals surface area contributed by atoms with Gasteiger partial charge in [-0.2, -0.15) is 0 Å². The van der Waals surface area contributed by atoms with Gasteiger partial charge in [0.05, 0.1) is 19.2 Å². The predicted octanol–water partition coefficient (Wildman–Crippen LogP) is 2.24. The summed E-state index contributed by atoms with van der Waals surface area (Å²) in [6, 6.07) is 18.2. The second kappa shape index (κ2) is 9.52. The van der Waals surface area contributed by atoms with Crippen LogP contribution in [0.25, 0.3) is 11.0 Å². The molecule has 4 aromatic rings. The number of aromatic nitrogens is 3. The number of hydrogen-bond acceptors (Lipinski definition) is 5. The average Bonchev–Trinajstić information content (AvgIpc) is 2.84. The molecule has 0 atom stereocenters. The van der Waals surface area contributed by atoms with Crippen LogP contribution in [0.1, 0.15) is 16.7 Å². The number of aryl methyl sites for hydroxylation is 1. The minimum absolute atomic E-state index is 0.0547. The molecule has 0 unspecified atom stereocenters. The largest absolute Gasteiger partial charge is 0.497 e. The number of benzene rings is 2. The average molecular weight is 444 g/mol. The van der Waals surface area contributed by atoms with Crippen molar-refractivity contribution in [3.05, 3.63) is 104 Å². The van der Waals surface area contributed by atoms with Gasteiger partial charge in [0.15, 0.2) is 5.52 Å². The Balaban J connectivity index is 1.65. The van der Waals surface area contributed by atoms with E-state index in [0.717, 1.165) is 21.3 Å². The number of ether oxygens (including phenoxy) is 1. The van der Waals surface area contributed by atoms with Crippen molar-refractivity contribution < 1.29 is 9.53 Å². The quantitative estimate of drug-likeness (QED) is 0.472. The molecule has 2 aromatic heterocycles. The van der Waals surface area contributed by atoms with E-state index in [1.165, 1.54) is 10.8 Å². The van der Waals surface area contributed by atoms with Gasteiger partial charge in [-0.3, -0.25) is 18.7 Å². The second-order valence-electron chi connectivity index (χ2n) is 7.74. The number of methoxy groups -OCH3 is 1. The van der Waals surface area contributed by atoms with Gasteiger partial charge in [0.25, 0.3) is 5.56 Å². The standard InChI is InChI=1S/C25H24N4O4/c1-17-5-7-18(8-6-17)14-27-22(30)16-28-21-4-3-13-26-23(21)24(31)29(25(28)32)15-19-9-11-20(33-2)12-10-19/h3-13H,14-16H2,1-2H3,(H,27,30). The molecule has 0 saturated heterocycles. The molecular formula is C25H24N4O4. The van der Waals surface area contributed by atoms with Crippen LogP contribution in [0.2, 0.25) is 0 Å². The fraction of sp³-hybridized carbons (Fsp3) is 0.200. The van der Waals surface area contributed by atoms with Crippen LogP contribution in [-0.4, -0.2) is 27.1 Å². The summed E-state index contributed by atoms with van der Waals surface area (Å²) < 4.78 is 7.55. The van der Waals surface area contributed by atoms with E-state index < -0.39 is 11.2 Å². The highest BCUT2D eigenvalue weighted by molar-refractivity contribution is 5.79. The third kappa shape index (κ3) is 4.85. The highest BCUT2D eigenvalue weighted by Gasteiger charge is 2.16. The molecule has 8 nitrogen and oxygen atoms in total. The molecule has 168 valence electrons. The Morgan fingerprint density at radius 1 is 0.970 bits per heavy atom. The molecule has 2 heterocycles. The molecule has 8 heteroatoms. The number of fused-ring (bicyclic) bond motifs is 1. The molecule has 0 radical (unpaired) electrons. The minimum atomic E-state index is -0.568. The Labute approximate surface area is 190 Å². The topological polar surface area (TPSA) is 95.2 Å². The van der Waals surface area contributed by atoms with E-state index in [4.69, 9.17) is 4.74 Å². The van der Waals surface area contributed by atoms with Crippen molar-refractivity contribution in [1.82, 2.24) is 19.4 Å². The summed E-state index contributed by atoms with van der Waals surface area (Å²) in [5.74, 6) is 0.339. The van der Waals surface area contributed by atoms with Gasteiger partial charge in [-0.1, -0.05) is 42.0 Å². The fourth-order valence-electron chi connectivity index (χ4n) is 3.55. The highest BCUT2D eigenvalue weighted by atomic mass is 16.5. The summed E-state index contributed by atoms with van der Waals surface area (Å²) >= 11 is 0. The van der Waals surface area contributed by atoms with E-state index in [0.29, 0.717) is 17.8 Å². The Bertz CT molecular complexity index is 1400. The third-order valence-corrected chi connectivity index (χ3v) is 5.40. The van der Waals surface area contributed by atoms with Crippen LogP contribution < -0.4 is 21.3 Å². The van der Waals surface area contributed by atoms with Crippen molar-refractivity contribution in [2.45, 2.75) is 26.6 Å². The Morgan fingerprint density at radius 3 is 2.36 bits per heavy atom. The van der Waals surface area contributed by atoms with Crippen molar-refractivity contribution in [2.75, 3.05) is 7.11 Å². The van der Waals surface area contributed by atoms with E-state index in [9.17, 15) is 14.4 Å². The van der Waals surface area contributed by atoms with Crippen molar-refractivity contribution in [3.63, 3.8) is 0 Å². The molecule has 0 aliphatic carbocycles. The summed E-state index contributed by atoms with van der Waals surface area (Å²) in [7, 11) is 1.57. The maximum Gasteiger partial charge on any atom is 0.332 e. The molecule has 0 fully saturated rings. The van der Waals surface area contributed by atoms with Crippen molar-refractivity contribution >= 4 is 16.9 Å². The number of carbonyl (C=O) groups excluding carboxylic acids is 1. The Kier molecular flexibility index (Phi) is 6.35. The number of hydrogen-bond donors (Lipinski definition) is 1. The molecule has 0 bridgehead atoms. The number of nitrogens with zero attached hydrogens (tertiary/aromatic N) is 3. The Hall–Kier alpha value is -4.20. The summed E-state index contributed by atoms with van der Waals surface area (Å²) in [4.78, 5) is 43.1. The van der Waals surface area contributed by atoms with E-state index in [1.54, 1.807) is 43.5 Å². The summed E-state index contributed by atoms with van der Waals surface area (Å²) in [5, 5.41) is 2.83. The highest BCUT2D eigenvalue weighted by Crippen LogP contribution is 2.12. The molecule has 2 aromatic carbocycles. The molecule has 33 heavy (non-hydrogen) atoms. The van der Waals surface area contributed by atoms with Gasteiger partial charge in [-0.25, -0.2) is 9.78 Å². The molecule has 4 rings (SSSR count). The monoisotopic (exact) mass is 444 g/mol. The number of rotatable bonds is 7. The third-order valence-electron chi connectivity index (χ3n) is 5.40. The molecular weight excluding hydrogens is 420 g/mol. The van der Waals surface area contributed by atoms with E-state index in [-0.39, 0.29) is 24.5 Å². The van der Waals surface area contributed by atoms with Crippen LogP contribution in [0, 0.1) is 6.92 Å². The van der Waals surface area contributed by atoms with Crippen molar-refractivity contribution in [2.24, 2.45) is 0 Å². The first-order chi connectivity index (χ1) is 16.0. The number of nitrogens with one attached hydrogen (secondary N) is 1. The fourth-order valence-corrected chi connectivity index (χ4v) is 3.55. The lowest BCUT2D eigenvalue weighted by Gasteiger charge is -2.14. The van der Waals surface area contributed by atoms with Crippen LogP contribution in [0.4, 0.5) is 0 Å². The molecule has 1 amide bonds. The summed E-state index contributed by atoms with van der Waals surface area (Å²) in [6.45, 7) is 2.17. The van der Waals surface area contributed by atoms with Gasteiger partial charge >= 0.3 is 5.69 Å². The maximum atomic E-state index is 13.3. The lowest BCUT2D eigenvalue weighted by Crippen LogP contribution is -2.43. The number of amides is 1. The number of carbonyl (C=O) groups is 1. The Morgan fingerprint density at radius 2 is 1.67 bits per heavy atom. The molecule has 0 aliphatic rings. The smallest absolute Gasteiger partial charge is 0.332 e. The molecule has 0 spiro atoms. The first-order valence-corrected chi connectivity index (χ1v) is 10.5. The van der Waals surface area contributed by atoms with Crippen LogP contribution >= 0.6 is 0 Å². The SMILES string of the molecule is COc1ccc(Cn2c(=O)c3ncccc3n(CC(=O)NCc3ccc(C)cc3)c2=O)cc1. The predicted molar refractivity (Wildman–Crippen MR) is 125 cm³/mol. The van der Waals surface area contributed by atoms with Gasteiger partial charge in [0.1, 0.15) is 12.3 Å². The number of pyridine rings is 1. The van der Waals surface area contributed by atoms with E-state index in [1.807, 2.05) is 31.2 Å². The van der Waals surface area contributed by atoms with Gasteiger partial charge in [0, 0.05) is 12.7 Å². The van der Waals surface area contributed by atoms with Gasteiger partial charge in [-0.05, 0) is 42.3 Å². The van der Waals surface area contributed by atoms with E-state index in [2.05, 4.69) is 10.3 Å². The summed E-state index contributed by atoms with van der Waals surface area (Å²) in [6.07, 6.45) is 1.49. The molecule has 0 aliphatic heterocycles. The molecule has 0 saturated carbocycles. The van der Waals surface area contributed by atoms with Crippen molar-refractivity contribution in [1.29, 1.82) is 0 Å². The normalized spacial score (nSPS) is 10.8. The van der Waals surface area contributed by atoms with E-state index >= 15 is 0 Å². The first kappa shape index (κ1) is 22.0. The lowest BCUT2D eigenvalue weighted by molar-refractivity contribution is -0.121. The first-order valence-electron chi connectivity index (χ1n) is 10.5. The van der Waals surface area contributed by atoms with Crippen LogP contribution in [0.15, 0.2) is 76.4 Å². The van der Waals surface area contributed by atoms with Crippen LogP contribution in [0.5, 0.6) is 5.75 Å². The van der Waals surface area contributed by atoms with Crippen LogP contribution in [0.3, 0.4) is 0 Å². The zero-order valence-corrected chi connectivity index (χ0v) is 18.4. The maximum absolute atomic E-state index is 13.3. The lowest BCUT2D eigenvalue weighted by atomic mass is 10.1. The zero-order chi connectivity index (χ0) is 23.4. The van der Waals surface area contributed by atoms with Crippen molar-refractivity contribution in [3.8, 4) is 5.75 Å². The molecule has 1 N–H and O–H groups in total. The van der Waals surface area contributed by atoms with Gasteiger partial charge < -0.3 is 10.1 Å². The van der Waals surface area contributed by atoms with Gasteiger partial charge in [0.2, 0.25) is 5.91 Å². The van der Waals surface area contributed by atoms with Gasteiger partial charge in [-0.15, -0.1) is 0 Å².